The van der Waals surface area contributed by atoms with Gasteiger partial charge in [-0.1, -0.05) is 6.92 Å². The average molecular weight is 294 g/mol. The van der Waals surface area contributed by atoms with E-state index >= 15 is 0 Å². The third-order valence-electron chi connectivity index (χ3n) is 5.93. The van der Waals surface area contributed by atoms with Crippen LogP contribution >= 0.6 is 0 Å². The van der Waals surface area contributed by atoms with Crippen molar-refractivity contribution < 1.29 is 9.90 Å². The average Bonchev–Trinajstić information content (AvgIpc) is 2.43. The van der Waals surface area contributed by atoms with Crippen LogP contribution in [0.3, 0.4) is 0 Å². The number of amides is 2. The van der Waals surface area contributed by atoms with Gasteiger partial charge in [0.25, 0.3) is 0 Å². The molecule has 4 aliphatic rings. The second kappa shape index (κ2) is 6.15. The van der Waals surface area contributed by atoms with E-state index in [1.165, 1.54) is 38.5 Å². The van der Waals surface area contributed by atoms with Gasteiger partial charge in [-0.2, -0.15) is 0 Å². The third-order valence-corrected chi connectivity index (χ3v) is 5.93. The zero-order chi connectivity index (χ0) is 14.9. The monoisotopic (exact) mass is 294 g/mol. The molecule has 21 heavy (non-hydrogen) atoms. The Hall–Kier alpha value is -0.770. The Morgan fingerprint density at radius 1 is 1.14 bits per heavy atom. The highest BCUT2D eigenvalue weighted by molar-refractivity contribution is 5.74. The maximum atomic E-state index is 12.3. The number of urea groups is 1. The van der Waals surface area contributed by atoms with E-state index in [-0.39, 0.29) is 12.6 Å². The summed E-state index contributed by atoms with van der Waals surface area (Å²) >= 11 is 0. The summed E-state index contributed by atoms with van der Waals surface area (Å²) < 4.78 is 0. The Balaban J connectivity index is 1.55. The topological polar surface area (TPSA) is 52.6 Å². The molecule has 120 valence electrons. The molecule has 0 aromatic carbocycles. The first-order valence-electron chi connectivity index (χ1n) is 8.78. The second-order valence-corrected chi connectivity index (χ2v) is 7.79. The summed E-state index contributed by atoms with van der Waals surface area (Å²) in [6.45, 7) is 4.14. The molecular formula is C17H30N2O2. The minimum Gasteiger partial charge on any atom is -0.395 e. The van der Waals surface area contributed by atoms with Crippen molar-refractivity contribution in [2.24, 2.45) is 23.2 Å². The lowest BCUT2D eigenvalue weighted by Gasteiger charge is -2.57. The van der Waals surface area contributed by atoms with Crippen LogP contribution in [0.5, 0.6) is 0 Å². The Bertz CT molecular complexity index is 342. The first-order chi connectivity index (χ1) is 10.1. The van der Waals surface area contributed by atoms with Crippen LogP contribution in [0.4, 0.5) is 4.79 Å². The summed E-state index contributed by atoms with van der Waals surface area (Å²) in [5, 5.41) is 12.3. The highest BCUT2D eigenvalue weighted by atomic mass is 16.3. The van der Waals surface area contributed by atoms with Crippen molar-refractivity contribution in [3.63, 3.8) is 0 Å². The zero-order valence-electron chi connectivity index (χ0n) is 13.3. The van der Waals surface area contributed by atoms with Gasteiger partial charge in [0.15, 0.2) is 0 Å². The highest BCUT2D eigenvalue weighted by Gasteiger charge is 2.50. The van der Waals surface area contributed by atoms with Gasteiger partial charge in [0.2, 0.25) is 0 Å². The fourth-order valence-corrected chi connectivity index (χ4v) is 5.59. The SMILES string of the molecule is CCCN(CCO)C(=O)NCC12CC3CC(CC(C3)C1)C2. The molecule has 2 N–H and O–H groups in total. The van der Waals surface area contributed by atoms with Gasteiger partial charge < -0.3 is 15.3 Å². The molecule has 4 bridgehead atoms. The van der Waals surface area contributed by atoms with E-state index in [1.807, 2.05) is 0 Å². The Morgan fingerprint density at radius 3 is 2.19 bits per heavy atom. The quantitative estimate of drug-likeness (QED) is 0.791. The molecule has 0 radical (unpaired) electrons. The Labute approximate surface area is 128 Å². The van der Waals surface area contributed by atoms with Crippen molar-refractivity contribution >= 4 is 6.03 Å². The molecule has 4 saturated carbocycles. The summed E-state index contributed by atoms with van der Waals surface area (Å²) in [4.78, 5) is 14.1. The van der Waals surface area contributed by atoms with Gasteiger partial charge in [0, 0.05) is 19.6 Å². The van der Waals surface area contributed by atoms with Crippen LogP contribution in [-0.2, 0) is 0 Å². The third kappa shape index (κ3) is 3.20. The molecule has 4 nitrogen and oxygen atoms in total. The standard InChI is InChI=1S/C17H30N2O2/c1-2-3-19(4-5-20)16(21)18-12-17-9-13-6-14(10-17)8-15(7-13)11-17/h13-15,20H,2-12H2,1H3,(H,18,21). The van der Waals surface area contributed by atoms with Gasteiger partial charge in [0.1, 0.15) is 0 Å². The van der Waals surface area contributed by atoms with Crippen LogP contribution in [0.1, 0.15) is 51.9 Å². The molecule has 4 rings (SSSR count). The fraction of sp³-hybridized carbons (Fsp3) is 0.941. The number of carbonyl (C=O) groups excluding carboxylic acids is 1. The van der Waals surface area contributed by atoms with E-state index in [9.17, 15) is 4.79 Å². The van der Waals surface area contributed by atoms with E-state index in [1.54, 1.807) is 4.90 Å². The number of nitrogens with zero attached hydrogens (tertiary/aromatic N) is 1. The number of rotatable bonds is 6. The Morgan fingerprint density at radius 2 is 1.71 bits per heavy atom. The molecule has 4 aliphatic carbocycles. The first-order valence-corrected chi connectivity index (χ1v) is 8.78. The molecule has 0 aliphatic heterocycles. The minimum absolute atomic E-state index is 0.0154. The lowest BCUT2D eigenvalue weighted by atomic mass is 9.49. The Kier molecular flexibility index (Phi) is 4.43. The molecule has 0 saturated heterocycles. The lowest BCUT2D eigenvalue weighted by molar-refractivity contribution is -0.0502. The van der Waals surface area contributed by atoms with Crippen LogP contribution in [0.2, 0.25) is 0 Å². The van der Waals surface area contributed by atoms with Crippen LogP contribution in [0.15, 0.2) is 0 Å². The predicted octanol–water partition coefficient (Wildman–Crippen LogP) is 2.62. The van der Waals surface area contributed by atoms with E-state index in [0.29, 0.717) is 12.0 Å². The first kappa shape index (κ1) is 15.1. The largest absolute Gasteiger partial charge is 0.395 e. The van der Waals surface area contributed by atoms with Gasteiger partial charge in [-0.15, -0.1) is 0 Å². The second-order valence-electron chi connectivity index (χ2n) is 7.79. The molecule has 0 unspecified atom stereocenters. The van der Waals surface area contributed by atoms with Gasteiger partial charge in [0.05, 0.1) is 6.61 Å². The van der Waals surface area contributed by atoms with Crippen molar-refractivity contribution in [2.45, 2.75) is 51.9 Å². The molecule has 2 amide bonds. The molecular weight excluding hydrogens is 264 g/mol. The van der Waals surface area contributed by atoms with Crippen molar-refractivity contribution in [3.05, 3.63) is 0 Å². The maximum absolute atomic E-state index is 12.3. The molecule has 0 aromatic rings. The summed E-state index contributed by atoms with van der Waals surface area (Å²) in [7, 11) is 0. The number of hydrogen-bond donors (Lipinski definition) is 2. The molecule has 0 heterocycles. The van der Waals surface area contributed by atoms with Crippen molar-refractivity contribution in [2.75, 3.05) is 26.2 Å². The number of aliphatic hydroxyl groups is 1. The van der Waals surface area contributed by atoms with Gasteiger partial charge >= 0.3 is 6.03 Å². The van der Waals surface area contributed by atoms with Crippen molar-refractivity contribution in [3.8, 4) is 0 Å². The number of hydrogen-bond acceptors (Lipinski definition) is 2. The molecule has 0 atom stereocenters. The van der Waals surface area contributed by atoms with Gasteiger partial charge in [-0.05, 0) is 68.1 Å². The molecule has 4 fully saturated rings. The molecule has 0 spiro atoms. The van der Waals surface area contributed by atoms with Gasteiger partial charge in [-0.25, -0.2) is 4.79 Å². The van der Waals surface area contributed by atoms with E-state index in [0.717, 1.165) is 37.3 Å². The maximum Gasteiger partial charge on any atom is 0.317 e. The highest BCUT2D eigenvalue weighted by Crippen LogP contribution is 2.59. The number of nitrogens with one attached hydrogen (secondary N) is 1. The fourth-order valence-electron chi connectivity index (χ4n) is 5.59. The van der Waals surface area contributed by atoms with Crippen molar-refractivity contribution in [1.29, 1.82) is 0 Å². The van der Waals surface area contributed by atoms with Crippen LogP contribution < -0.4 is 5.32 Å². The minimum atomic E-state index is 0.0154. The van der Waals surface area contributed by atoms with Crippen LogP contribution in [-0.4, -0.2) is 42.3 Å². The smallest absolute Gasteiger partial charge is 0.317 e. The predicted molar refractivity (Wildman–Crippen MR) is 83.0 cm³/mol. The van der Waals surface area contributed by atoms with Crippen LogP contribution in [0.25, 0.3) is 0 Å². The van der Waals surface area contributed by atoms with E-state index < -0.39 is 0 Å². The lowest BCUT2D eigenvalue weighted by Crippen LogP contribution is -2.53. The summed E-state index contributed by atoms with van der Waals surface area (Å²) in [5.41, 5.74) is 0.390. The van der Waals surface area contributed by atoms with E-state index in [2.05, 4.69) is 12.2 Å². The number of carbonyl (C=O) groups is 1. The number of aliphatic hydroxyl groups excluding tert-OH is 1. The molecule has 4 heteroatoms. The van der Waals surface area contributed by atoms with E-state index in [4.69, 9.17) is 5.11 Å². The zero-order valence-corrected chi connectivity index (χ0v) is 13.3. The summed E-state index contributed by atoms with van der Waals surface area (Å²) in [6, 6.07) is 0.0154. The van der Waals surface area contributed by atoms with Crippen LogP contribution in [0, 0.1) is 23.2 Å². The summed E-state index contributed by atoms with van der Waals surface area (Å²) in [5.74, 6) is 2.78. The normalized spacial score (nSPS) is 36.8. The van der Waals surface area contributed by atoms with Crippen molar-refractivity contribution in [1.82, 2.24) is 10.2 Å². The summed E-state index contributed by atoms with van der Waals surface area (Å²) in [6.07, 6.45) is 9.25. The molecule has 0 aromatic heterocycles. The van der Waals surface area contributed by atoms with Gasteiger partial charge in [-0.3, -0.25) is 0 Å².